The van der Waals surface area contributed by atoms with Crippen molar-refractivity contribution in [2.45, 2.75) is 39.7 Å². The van der Waals surface area contributed by atoms with E-state index in [-0.39, 0.29) is 24.8 Å². The highest BCUT2D eigenvalue weighted by Crippen LogP contribution is 2.20. The summed E-state index contributed by atoms with van der Waals surface area (Å²) in [5.41, 5.74) is 1.17. The van der Waals surface area contributed by atoms with Crippen LogP contribution in [-0.4, -0.2) is 41.5 Å². The highest BCUT2D eigenvalue weighted by molar-refractivity contribution is 6.08. The van der Waals surface area contributed by atoms with E-state index in [1.807, 2.05) is 13.8 Å². The first kappa shape index (κ1) is 20.0. The highest BCUT2D eigenvalue weighted by Gasteiger charge is 2.35. The van der Waals surface area contributed by atoms with Crippen LogP contribution in [0.4, 0.5) is 5.69 Å². The lowest BCUT2D eigenvalue weighted by Gasteiger charge is -2.28. The number of piperidine rings is 1. The van der Waals surface area contributed by atoms with Crippen molar-refractivity contribution in [3.8, 4) is 0 Å². The van der Waals surface area contributed by atoms with E-state index in [1.165, 1.54) is 6.07 Å². The number of aryl methyl sites for hydroxylation is 1. The summed E-state index contributed by atoms with van der Waals surface area (Å²) in [4.78, 5) is 58.2. The molecule has 8 nitrogen and oxygen atoms in total. The summed E-state index contributed by atoms with van der Waals surface area (Å²) in [6.45, 7) is 5.67. The molecule has 1 atom stereocenters. The maximum atomic E-state index is 12.6. The summed E-state index contributed by atoms with van der Waals surface area (Å²) in [6, 6.07) is 3.62. The van der Waals surface area contributed by atoms with E-state index in [0.717, 1.165) is 4.90 Å². The zero-order chi connectivity index (χ0) is 19.0. The second-order valence-corrected chi connectivity index (χ2v) is 5.08. The summed E-state index contributed by atoms with van der Waals surface area (Å²) >= 11 is 0. The van der Waals surface area contributed by atoms with Gasteiger partial charge < -0.3 is 5.32 Å². The molecule has 0 saturated carbocycles. The van der Waals surface area contributed by atoms with Gasteiger partial charge in [0.05, 0.1) is 0 Å². The second-order valence-electron chi connectivity index (χ2n) is 5.08. The predicted octanol–water partition coefficient (Wildman–Crippen LogP) is 0.993. The molecule has 5 amide bonds. The Bertz CT molecular complexity index is 687. The van der Waals surface area contributed by atoms with Crippen LogP contribution >= 0.6 is 0 Å². The van der Waals surface area contributed by atoms with Crippen molar-refractivity contribution in [2.75, 3.05) is 5.32 Å². The van der Waals surface area contributed by atoms with Gasteiger partial charge in [0.25, 0.3) is 5.91 Å². The van der Waals surface area contributed by atoms with Gasteiger partial charge in [0.15, 0.2) is 0 Å². The highest BCUT2D eigenvalue weighted by atomic mass is 16.2. The van der Waals surface area contributed by atoms with Gasteiger partial charge in [-0.15, -0.1) is 0 Å². The molecule has 2 N–H and O–H groups in total. The number of imide groups is 2. The first-order valence-electron chi connectivity index (χ1n) is 7.90. The minimum absolute atomic E-state index is 0.0553. The van der Waals surface area contributed by atoms with Gasteiger partial charge in [-0.3, -0.25) is 34.2 Å². The molecule has 0 radical (unpaired) electrons. The summed E-state index contributed by atoms with van der Waals surface area (Å²) in [7, 11) is 0. The Kier molecular flexibility index (Phi) is 7.45. The molecule has 8 heteroatoms. The first-order valence-corrected chi connectivity index (χ1v) is 7.90. The monoisotopic (exact) mass is 347 g/mol. The Labute approximate surface area is 145 Å². The number of nitrogens with one attached hydrogen (secondary N) is 2. The third-order valence-corrected chi connectivity index (χ3v) is 3.59. The minimum Gasteiger partial charge on any atom is -0.329 e. The van der Waals surface area contributed by atoms with Crippen LogP contribution in [0.1, 0.15) is 42.6 Å². The van der Waals surface area contributed by atoms with Gasteiger partial charge in [0.1, 0.15) is 6.04 Å². The van der Waals surface area contributed by atoms with Gasteiger partial charge in [-0.2, -0.15) is 0 Å². The topological polar surface area (TPSA) is 113 Å². The van der Waals surface area contributed by atoms with Crippen molar-refractivity contribution in [1.82, 2.24) is 10.2 Å². The molecule has 1 aromatic carbocycles. The molecule has 0 bridgehead atoms. The third kappa shape index (κ3) is 4.72. The zero-order valence-electron chi connectivity index (χ0n) is 14.4. The van der Waals surface area contributed by atoms with Crippen LogP contribution in [-0.2, 0) is 19.2 Å². The molecule has 0 aliphatic carbocycles. The summed E-state index contributed by atoms with van der Waals surface area (Å²) in [6.07, 6.45) is 0.887. The summed E-state index contributed by atoms with van der Waals surface area (Å²) in [5, 5.41) is 4.52. The number of hydrogen-bond acceptors (Lipinski definition) is 5. The standard InChI is InChI=1S/C15H15N3O5.C2H6/c1-9-2-3-10(16-7-19)6-11(9)15(23)18(8-20)12-4-5-13(21)17-14(12)22;1-2/h2-3,6-8,12H,4-5H2,1H3,(H,16,19)(H,17,21,22);1-2H3. The van der Waals surface area contributed by atoms with Crippen LogP contribution in [0.25, 0.3) is 0 Å². The van der Waals surface area contributed by atoms with Gasteiger partial charge in [0, 0.05) is 17.7 Å². The summed E-state index contributed by atoms with van der Waals surface area (Å²) < 4.78 is 0. The molecule has 1 fully saturated rings. The number of benzene rings is 1. The SMILES string of the molecule is CC.Cc1ccc(NC=O)cc1C(=O)N(C=O)C1CCC(=O)NC1=O. The number of rotatable bonds is 5. The average Bonchev–Trinajstić information content (AvgIpc) is 2.61. The Morgan fingerprint density at radius 2 is 1.96 bits per heavy atom. The molecule has 1 aliphatic rings. The van der Waals surface area contributed by atoms with E-state index in [2.05, 4.69) is 10.6 Å². The quantitative estimate of drug-likeness (QED) is 0.609. The van der Waals surface area contributed by atoms with Crippen LogP contribution in [0.3, 0.4) is 0 Å². The van der Waals surface area contributed by atoms with E-state index in [1.54, 1.807) is 19.1 Å². The maximum Gasteiger partial charge on any atom is 0.261 e. The smallest absolute Gasteiger partial charge is 0.261 e. The van der Waals surface area contributed by atoms with Gasteiger partial charge in [-0.25, -0.2) is 0 Å². The van der Waals surface area contributed by atoms with Crippen LogP contribution in [0.5, 0.6) is 0 Å². The van der Waals surface area contributed by atoms with E-state index >= 15 is 0 Å². The van der Waals surface area contributed by atoms with Crippen molar-refractivity contribution in [2.24, 2.45) is 0 Å². The van der Waals surface area contributed by atoms with Crippen LogP contribution in [0.15, 0.2) is 18.2 Å². The molecule has 25 heavy (non-hydrogen) atoms. The minimum atomic E-state index is -1.03. The Morgan fingerprint density at radius 1 is 1.28 bits per heavy atom. The number of anilines is 1. The first-order chi connectivity index (χ1) is 12.0. The molecule has 1 aromatic rings. The van der Waals surface area contributed by atoms with Crippen LogP contribution < -0.4 is 10.6 Å². The molecule has 134 valence electrons. The van der Waals surface area contributed by atoms with Crippen LogP contribution in [0.2, 0.25) is 0 Å². The van der Waals surface area contributed by atoms with E-state index in [0.29, 0.717) is 17.7 Å². The lowest BCUT2D eigenvalue weighted by molar-refractivity contribution is -0.139. The van der Waals surface area contributed by atoms with E-state index in [9.17, 15) is 24.0 Å². The molecule has 1 heterocycles. The number of hydrogen-bond donors (Lipinski definition) is 2. The van der Waals surface area contributed by atoms with Gasteiger partial charge in [-0.1, -0.05) is 19.9 Å². The maximum absolute atomic E-state index is 12.6. The number of carbonyl (C=O) groups excluding carboxylic acids is 5. The molecule has 2 rings (SSSR count). The second kappa shape index (κ2) is 9.31. The van der Waals surface area contributed by atoms with Crippen LogP contribution in [0, 0.1) is 6.92 Å². The lowest BCUT2D eigenvalue weighted by Crippen LogP contribution is -2.53. The third-order valence-electron chi connectivity index (χ3n) is 3.59. The predicted molar refractivity (Wildman–Crippen MR) is 90.6 cm³/mol. The molecule has 1 unspecified atom stereocenters. The molecule has 0 spiro atoms. The number of nitrogens with zero attached hydrogens (tertiary/aromatic N) is 1. The number of carbonyl (C=O) groups is 5. The molecular formula is C17H21N3O5. The fraction of sp³-hybridized carbons (Fsp3) is 0.353. The zero-order valence-corrected chi connectivity index (χ0v) is 14.4. The van der Waals surface area contributed by atoms with Crippen molar-refractivity contribution < 1.29 is 24.0 Å². The molecule has 1 saturated heterocycles. The van der Waals surface area contributed by atoms with Crippen molar-refractivity contribution in [3.05, 3.63) is 29.3 Å². The van der Waals surface area contributed by atoms with Gasteiger partial charge in [0.2, 0.25) is 24.6 Å². The largest absolute Gasteiger partial charge is 0.329 e. The number of amides is 5. The molecule has 1 aliphatic heterocycles. The van der Waals surface area contributed by atoms with E-state index in [4.69, 9.17) is 0 Å². The van der Waals surface area contributed by atoms with Crippen molar-refractivity contribution >= 4 is 36.2 Å². The fourth-order valence-electron chi connectivity index (χ4n) is 2.36. The Morgan fingerprint density at radius 3 is 2.52 bits per heavy atom. The Hall–Kier alpha value is -3.03. The average molecular weight is 347 g/mol. The van der Waals surface area contributed by atoms with Gasteiger partial charge >= 0.3 is 0 Å². The van der Waals surface area contributed by atoms with Gasteiger partial charge in [-0.05, 0) is 31.0 Å². The fourth-order valence-corrected chi connectivity index (χ4v) is 2.36. The summed E-state index contributed by atoms with van der Waals surface area (Å²) in [5.74, 6) is -1.78. The lowest BCUT2D eigenvalue weighted by atomic mass is 10.0. The van der Waals surface area contributed by atoms with E-state index < -0.39 is 23.8 Å². The van der Waals surface area contributed by atoms with Crippen molar-refractivity contribution in [3.63, 3.8) is 0 Å². The molecular weight excluding hydrogens is 326 g/mol. The Balaban J connectivity index is 0.00000151. The molecule has 0 aromatic heterocycles. The van der Waals surface area contributed by atoms with Crippen molar-refractivity contribution in [1.29, 1.82) is 0 Å². The normalized spacial score (nSPS) is 16.0.